The molecule has 0 heterocycles. The maximum atomic E-state index is 13.6. The molecule has 3 amide bonds. The van der Waals surface area contributed by atoms with Gasteiger partial charge in [0.2, 0.25) is 17.7 Å². The van der Waals surface area contributed by atoms with E-state index in [1.54, 1.807) is 0 Å². The highest BCUT2D eigenvalue weighted by Crippen LogP contribution is 2.47. The molecule has 6 aliphatic rings. The predicted octanol–water partition coefficient (Wildman–Crippen LogP) is 5.54. The van der Waals surface area contributed by atoms with E-state index < -0.39 is 65.4 Å². The largest absolute Gasteiger partial charge is 0.481 e. The maximum Gasteiger partial charge on any atom is 0.308 e. The lowest BCUT2D eigenvalue weighted by Gasteiger charge is -2.45. The number of carbonyl (C=O) groups is 6. The normalized spacial score (nSPS) is 37.2. The molecule has 0 spiro atoms. The van der Waals surface area contributed by atoms with Crippen LogP contribution in [0.25, 0.3) is 0 Å². The molecule has 9 atom stereocenters. The lowest BCUT2D eigenvalue weighted by atomic mass is 9.60. The minimum atomic E-state index is -1.07. The van der Waals surface area contributed by atoms with Gasteiger partial charge < -0.3 is 36.0 Å². The molecule has 6 aliphatic carbocycles. The third-order valence-electron chi connectivity index (χ3n) is 15.0. The van der Waals surface area contributed by atoms with Crippen LogP contribution in [0.15, 0.2) is 0 Å². The van der Waals surface area contributed by atoms with Gasteiger partial charge in [0, 0.05) is 36.9 Å². The summed E-state index contributed by atoms with van der Waals surface area (Å²) < 4.78 is 6.51. The van der Waals surface area contributed by atoms with Gasteiger partial charge in [0.05, 0.1) is 41.8 Å². The predicted molar refractivity (Wildman–Crippen MR) is 214 cm³/mol. The van der Waals surface area contributed by atoms with Gasteiger partial charge in [-0.15, -0.1) is 0 Å². The summed E-state index contributed by atoms with van der Waals surface area (Å²) in [5, 5.41) is 39.5. The van der Waals surface area contributed by atoms with Crippen LogP contribution in [0.3, 0.4) is 0 Å². The summed E-state index contributed by atoms with van der Waals surface area (Å²) in [6.45, 7) is 0. The molecular formula is C45H67N3O10. The highest BCUT2D eigenvalue weighted by molar-refractivity contribution is 5.86. The molecule has 6 fully saturated rings. The summed E-state index contributed by atoms with van der Waals surface area (Å²) >= 11 is 0. The molecular weight excluding hydrogens is 743 g/mol. The van der Waals surface area contributed by atoms with Crippen LogP contribution in [0.2, 0.25) is 0 Å². The monoisotopic (exact) mass is 809 g/mol. The van der Waals surface area contributed by atoms with Gasteiger partial charge in [0.15, 0.2) is 0 Å². The molecule has 322 valence electrons. The number of hydrogen-bond donors (Lipinski definition) is 6. The second kappa shape index (κ2) is 20.5. The van der Waals surface area contributed by atoms with Crippen molar-refractivity contribution in [2.75, 3.05) is 7.05 Å². The van der Waals surface area contributed by atoms with Gasteiger partial charge >= 0.3 is 17.9 Å². The van der Waals surface area contributed by atoms with Crippen LogP contribution in [0.5, 0.6) is 0 Å². The average Bonchev–Trinajstić information content (AvgIpc) is 3.23. The highest BCUT2D eigenvalue weighted by atomic mass is 16.5. The van der Waals surface area contributed by atoms with E-state index in [1.165, 1.54) is 26.3 Å². The Labute approximate surface area is 343 Å². The minimum Gasteiger partial charge on any atom is -0.481 e. The number of aliphatic carboxylic acids is 3. The summed E-state index contributed by atoms with van der Waals surface area (Å²) in [6, 6.07) is -0.608. The van der Waals surface area contributed by atoms with Gasteiger partial charge in [0.25, 0.3) is 0 Å². The number of rotatable bonds is 11. The van der Waals surface area contributed by atoms with Crippen LogP contribution in [0.1, 0.15) is 141 Å². The van der Waals surface area contributed by atoms with Gasteiger partial charge in [-0.3, -0.25) is 28.8 Å². The third kappa shape index (κ3) is 10.9. The first kappa shape index (κ1) is 43.9. The van der Waals surface area contributed by atoms with E-state index in [-0.39, 0.29) is 47.8 Å². The number of hydrogen-bond acceptors (Lipinski definition) is 7. The van der Waals surface area contributed by atoms with E-state index in [2.05, 4.69) is 27.8 Å². The summed E-state index contributed by atoms with van der Waals surface area (Å²) in [4.78, 5) is 77.1. The molecule has 9 unspecified atom stereocenters. The number of carboxylic acid groups (broad SMARTS) is 3. The standard InChI is InChI=1S/C45H67N3O10/c1-46-41(50)35-11-5-9-32(38(35)44(54)55)33-10-6-12-37(39(33)45(56)57)48-40(49)28-16-20-30(21-17-28)58-31-22-18-29(19-23-31)47-42(51)34-24-15-27(25-36(34)43(52)53)14-13-26-7-3-2-4-8-26/h26-39H,2-12,15-25H2,1H3,(H,46,50)(H,47,51)(H,48,49)(H,52,53)(H,54,55)(H,56,57). The Morgan fingerprint density at radius 2 is 1.10 bits per heavy atom. The van der Waals surface area contributed by atoms with Gasteiger partial charge in [-0.25, -0.2) is 0 Å². The number of nitrogens with one attached hydrogen (secondary N) is 3. The fourth-order valence-corrected chi connectivity index (χ4v) is 11.8. The van der Waals surface area contributed by atoms with Crippen molar-refractivity contribution in [2.24, 2.45) is 59.2 Å². The van der Waals surface area contributed by atoms with Gasteiger partial charge in [-0.2, -0.15) is 0 Å². The molecule has 0 bridgehead atoms. The fourth-order valence-electron chi connectivity index (χ4n) is 11.8. The molecule has 6 N–H and O–H groups in total. The van der Waals surface area contributed by atoms with E-state index in [1.807, 2.05) is 0 Å². The molecule has 0 radical (unpaired) electrons. The third-order valence-corrected chi connectivity index (χ3v) is 15.0. The fraction of sp³-hybridized carbons (Fsp3) is 0.822. The maximum absolute atomic E-state index is 13.6. The summed E-state index contributed by atoms with van der Waals surface area (Å²) in [6.07, 6.45) is 17.0. The average molecular weight is 810 g/mol. The number of amides is 3. The minimum absolute atomic E-state index is 0.00977. The Bertz CT molecular complexity index is 1540. The molecule has 0 saturated heterocycles. The zero-order chi connectivity index (χ0) is 41.3. The summed E-state index contributed by atoms with van der Waals surface area (Å²) in [7, 11) is 1.49. The van der Waals surface area contributed by atoms with Crippen LogP contribution in [0, 0.1) is 71.0 Å². The van der Waals surface area contributed by atoms with Crippen molar-refractivity contribution in [3.05, 3.63) is 0 Å². The Kier molecular flexibility index (Phi) is 15.6. The van der Waals surface area contributed by atoms with Crippen molar-refractivity contribution in [1.29, 1.82) is 0 Å². The first-order chi connectivity index (χ1) is 27.9. The van der Waals surface area contributed by atoms with E-state index in [4.69, 9.17) is 4.74 Å². The van der Waals surface area contributed by atoms with Crippen LogP contribution in [-0.4, -0.2) is 82.3 Å². The van der Waals surface area contributed by atoms with Gasteiger partial charge in [0.1, 0.15) is 0 Å². The van der Waals surface area contributed by atoms with Crippen molar-refractivity contribution in [2.45, 2.75) is 166 Å². The Morgan fingerprint density at radius 3 is 1.72 bits per heavy atom. The smallest absolute Gasteiger partial charge is 0.308 e. The topological polar surface area (TPSA) is 208 Å². The molecule has 0 aromatic rings. The second-order valence-corrected chi connectivity index (χ2v) is 18.5. The van der Waals surface area contributed by atoms with E-state index in [9.17, 15) is 44.1 Å². The zero-order valence-electron chi connectivity index (χ0n) is 34.3. The number of ether oxygens (including phenoxy) is 1. The lowest BCUT2D eigenvalue weighted by Crippen LogP contribution is -2.54. The Balaban J connectivity index is 0.929. The molecule has 13 heteroatoms. The molecule has 58 heavy (non-hydrogen) atoms. The van der Waals surface area contributed by atoms with Gasteiger partial charge in [-0.05, 0) is 121 Å². The molecule has 6 saturated carbocycles. The zero-order valence-corrected chi connectivity index (χ0v) is 34.3. The number of carboxylic acids is 3. The van der Waals surface area contributed by atoms with Crippen LogP contribution in [0.4, 0.5) is 0 Å². The summed E-state index contributed by atoms with van der Waals surface area (Å²) in [5.41, 5.74) is 0. The Morgan fingerprint density at radius 1 is 0.500 bits per heavy atom. The first-order valence-electron chi connectivity index (χ1n) is 22.6. The molecule has 0 aromatic carbocycles. The highest BCUT2D eigenvalue weighted by Gasteiger charge is 2.51. The van der Waals surface area contributed by atoms with Crippen LogP contribution < -0.4 is 16.0 Å². The van der Waals surface area contributed by atoms with Crippen molar-refractivity contribution in [1.82, 2.24) is 16.0 Å². The molecule has 0 aromatic heterocycles. The second-order valence-electron chi connectivity index (χ2n) is 18.5. The van der Waals surface area contributed by atoms with Crippen LogP contribution >= 0.6 is 0 Å². The first-order valence-corrected chi connectivity index (χ1v) is 22.6. The van der Waals surface area contributed by atoms with Crippen molar-refractivity contribution >= 4 is 35.6 Å². The SMILES string of the molecule is CNC(=O)C1CCCC(C2CCCC(NC(=O)C3CCC(OC4CCC(NC(=O)C5CCC(C#CC6CCCCC6)CC5C(=O)O)CC4)CC3)C2C(=O)O)C1C(=O)O. The quantitative estimate of drug-likeness (QED) is 0.144. The van der Waals surface area contributed by atoms with E-state index in [0.29, 0.717) is 70.1 Å². The van der Waals surface area contributed by atoms with Gasteiger partial charge in [-0.1, -0.05) is 43.9 Å². The Hall–Kier alpha value is -3.66. The molecule has 6 rings (SSSR count). The van der Waals surface area contributed by atoms with Crippen molar-refractivity contribution in [3.63, 3.8) is 0 Å². The molecule has 13 nitrogen and oxygen atoms in total. The number of carbonyl (C=O) groups excluding carboxylic acids is 3. The summed E-state index contributed by atoms with van der Waals surface area (Å²) in [5.74, 6) is -1.38. The van der Waals surface area contributed by atoms with E-state index >= 15 is 0 Å². The lowest BCUT2D eigenvalue weighted by molar-refractivity contribution is -0.159. The van der Waals surface area contributed by atoms with E-state index in [0.717, 1.165) is 57.8 Å². The van der Waals surface area contributed by atoms with Crippen LogP contribution in [-0.2, 0) is 33.5 Å². The van der Waals surface area contributed by atoms with Crippen molar-refractivity contribution in [3.8, 4) is 11.8 Å². The molecule has 0 aliphatic heterocycles. The van der Waals surface area contributed by atoms with Crippen molar-refractivity contribution < 1.29 is 48.8 Å².